The van der Waals surface area contributed by atoms with Crippen molar-refractivity contribution in [3.05, 3.63) is 53.4 Å². The SMILES string of the molecule is COc1ccc(CCNc2cc(-c3cccs3)nc(OC)n2)cc1. The first-order valence-electron chi connectivity index (χ1n) is 7.62. The molecule has 0 fully saturated rings. The van der Waals surface area contributed by atoms with Gasteiger partial charge in [0.05, 0.1) is 24.8 Å². The quantitative estimate of drug-likeness (QED) is 0.707. The van der Waals surface area contributed by atoms with Crippen molar-refractivity contribution >= 4 is 17.2 Å². The fourth-order valence-electron chi connectivity index (χ4n) is 2.28. The van der Waals surface area contributed by atoms with E-state index in [0.29, 0.717) is 6.01 Å². The Balaban J connectivity index is 1.66. The third kappa shape index (κ3) is 4.02. The number of hydrogen-bond acceptors (Lipinski definition) is 6. The number of benzene rings is 1. The van der Waals surface area contributed by atoms with Crippen LogP contribution in [-0.4, -0.2) is 30.7 Å². The van der Waals surface area contributed by atoms with E-state index in [1.807, 2.05) is 35.7 Å². The van der Waals surface area contributed by atoms with Gasteiger partial charge < -0.3 is 14.8 Å². The zero-order chi connectivity index (χ0) is 16.8. The van der Waals surface area contributed by atoms with Crippen LogP contribution in [0.2, 0.25) is 0 Å². The molecule has 0 radical (unpaired) electrons. The monoisotopic (exact) mass is 341 g/mol. The van der Waals surface area contributed by atoms with E-state index in [0.717, 1.165) is 35.1 Å². The van der Waals surface area contributed by atoms with E-state index >= 15 is 0 Å². The number of nitrogens with one attached hydrogen (secondary N) is 1. The number of nitrogens with zero attached hydrogens (tertiary/aromatic N) is 2. The molecule has 2 aromatic heterocycles. The molecule has 1 aromatic carbocycles. The topological polar surface area (TPSA) is 56.3 Å². The number of anilines is 1. The summed E-state index contributed by atoms with van der Waals surface area (Å²) in [6, 6.07) is 14.4. The van der Waals surface area contributed by atoms with Crippen LogP contribution in [0.25, 0.3) is 10.6 Å². The lowest BCUT2D eigenvalue weighted by Crippen LogP contribution is -2.07. The summed E-state index contributed by atoms with van der Waals surface area (Å²) in [4.78, 5) is 9.85. The van der Waals surface area contributed by atoms with E-state index < -0.39 is 0 Å². The van der Waals surface area contributed by atoms with Gasteiger partial charge in [-0.25, -0.2) is 0 Å². The van der Waals surface area contributed by atoms with Crippen molar-refractivity contribution in [2.24, 2.45) is 0 Å². The van der Waals surface area contributed by atoms with Crippen molar-refractivity contribution in [2.75, 3.05) is 26.1 Å². The first-order valence-corrected chi connectivity index (χ1v) is 8.50. The Hall–Kier alpha value is -2.60. The summed E-state index contributed by atoms with van der Waals surface area (Å²) in [5.41, 5.74) is 2.10. The van der Waals surface area contributed by atoms with Crippen molar-refractivity contribution < 1.29 is 9.47 Å². The summed E-state index contributed by atoms with van der Waals surface area (Å²) in [5, 5.41) is 5.37. The van der Waals surface area contributed by atoms with Crippen molar-refractivity contribution in [3.8, 4) is 22.3 Å². The van der Waals surface area contributed by atoms with Gasteiger partial charge in [0.15, 0.2) is 0 Å². The van der Waals surface area contributed by atoms with Gasteiger partial charge in [-0.15, -0.1) is 11.3 Å². The van der Waals surface area contributed by atoms with Gasteiger partial charge in [0, 0.05) is 12.6 Å². The van der Waals surface area contributed by atoms with Crippen LogP contribution in [0.5, 0.6) is 11.8 Å². The molecular weight excluding hydrogens is 322 g/mol. The minimum absolute atomic E-state index is 0.368. The predicted molar refractivity (Wildman–Crippen MR) is 97.1 cm³/mol. The van der Waals surface area contributed by atoms with Crippen LogP contribution >= 0.6 is 11.3 Å². The molecule has 24 heavy (non-hydrogen) atoms. The third-order valence-corrected chi connectivity index (χ3v) is 4.43. The first kappa shape index (κ1) is 16.3. The second-order valence-corrected chi connectivity index (χ2v) is 6.07. The molecule has 124 valence electrons. The zero-order valence-corrected chi connectivity index (χ0v) is 14.5. The minimum Gasteiger partial charge on any atom is -0.497 e. The Morgan fingerprint density at radius 1 is 1.04 bits per heavy atom. The van der Waals surface area contributed by atoms with Gasteiger partial charge >= 0.3 is 6.01 Å². The molecule has 0 aliphatic carbocycles. The summed E-state index contributed by atoms with van der Waals surface area (Å²) < 4.78 is 10.4. The van der Waals surface area contributed by atoms with E-state index in [2.05, 4.69) is 27.4 Å². The van der Waals surface area contributed by atoms with Crippen LogP contribution in [0.3, 0.4) is 0 Å². The Morgan fingerprint density at radius 3 is 2.54 bits per heavy atom. The van der Waals surface area contributed by atoms with E-state index in [1.165, 1.54) is 5.56 Å². The number of aromatic nitrogens is 2. The van der Waals surface area contributed by atoms with Crippen molar-refractivity contribution in [2.45, 2.75) is 6.42 Å². The van der Waals surface area contributed by atoms with Crippen LogP contribution in [0.1, 0.15) is 5.56 Å². The van der Waals surface area contributed by atoms with E-state index in [9.17, 15) is 0 Å². The fraction of sp³-hybridized carbons (Fsp3) is 0.222. The van der Waals surface area contributed by atoms with Gasteiger partial charge in [0.1, 0.15) is 11.6 Å². The maximum absolute atomic E-state index is 5.21. The van der Waals surface area contributed by atoms with Crippen LogP contribution in [0.15, 0.2) is 47.8 Å². The van der Waals surface area contributed by atoms with E-state index in [-0.39, 0.29) is 0 Å². The predicted octanol–water partition coefficient (Wildman–Crippen LogP) is 3.88. The molecule has 6 heteroatoms. The van der Waals surface area contributed by atoms with Gasteiger partial charge in [-0.05, 0) is 35.6 Å². The molecule has 0 saturated carbocycles. The van der Waals surface area contributed by atoms with Crippen molar-refractivity contribution in [1.82, 2.24) is 9.97 Å². The highest BCUT2D eigenvalue weighted by atomic mass is 32.1. The molecule has 0 aliphatic rings. The van der Waals surface area contributed by atoms with Gasteiger partial charge in [-0.3, -0.25) is 0 Å². The third-order valence-electron chi connectivity index (χ3n) is 3.54. The van der Waals surface area contributed by atoms with E-state index in [4.69, 9.17) is 9.47 Å². The molecule has 5 nitrogen and oxygen atoms in total. The molecule has 0 bridgehead atoms. The Morgan fingerprint density at radius 2 is 1.88 bits per heavy atom. The van der Waals surface area contributed by atoms with Crippen LogP contribution < -0.4 is 14.8 Å². The Kier molecular flexibility index (Phi) is 5.28. The lowest BCUT2D eigenvalue weighted by atomic mass is 10.1. The summed E-state index contributed by atoms with van der Waals surface area (Å²) in [5.74, 6) is 1.63. The standard InChI is InChI=1S/C18H19N3O2S/c1-22-14-7-5-13(6-8-14)9-10-19-17-12-15(16-4-3-11-24-16)20-18(21-17)23-2/h3-8,11-12H,9-10H2,1-2H3,(H,19,20,21). The maximum atomic E-state index is 5.21. The minimum atomic E-state index is 0.368. The first-order chi connectivity index (χ1) is 11.8. The Bertz CT molecular complexity index is 773. The highest BCUT2D eigenvalue weighted by molar-refractivity contribution is 7.13. The van der Waals surface area contributed by atoms with Crippen molar-refractivity contribution in [3.63, 3.8) is 0 Å². The number of ether oxygens (including phenoxy) is 2. The molecule has 2 heterocycles. The van der Waals surface area contributed by atoms with Gasteiger partial charge in [0.2, 0.25) is 0 Å². The van der Waals surface area contributed by atoms with Gasteiger partial charge in [-0.2, -0.15) is 9.97 Å². The number of thiophene rings is 1. The summed E-state index contributed by atoms with van der Waals surface area (Å²) in [7, 11) is 3.25. The molecule has 0 atom stereocenters. The lowest BCUT2D eigenvalue weighted by Gasteiger charge is -2.09. The second-order valence-electron chi connectivity index (χ2n) is 5.13. The van der Waals surface area contributed by atoms with Crippen LogP contribution in [0, 0.1) is 0 Å². The molecule has 0 aliphatic heterocycles. The van der Waals surface area contributed by atoms with Crippen LogP contribution in [-0.2, 0) is 6.42 Å². The van der Waals surface area contributed by atoms with Gasteiger partial charge in [0.25, 0.3) is 0 Å². The lowest BCUT2D eigenvalue weighted by molar-refractivity contribution is 0.381. The molecule has 0 saturated heterocycles. The average Bonchev–Trinajstić information content (AvgIpc) is 3.17. The molecule has 3 rings (SSSR count). The molecule has 0 amide bonds. The van der Waals surface area contributed by atoms with E-state index in [1.54, 1.807) is 25.6 Å². The highest BCUT2D eigenvalue weighted by Gasteiger charge is 2.07. The smallest absolute Gasteiger partial charge is 0.318 e. The largest absolute Gasteiger partial charge is 0.497 e. The summed E-state index contributed by atoms with van der Waals surface area (Å²) in [6.45, 7) is 0.774. The van der Waals surface area contributed by atoms with Crippen LogP contribution in [0.4, 0.5) is 5.82 Å². The molecule has 1 N–H and O–H groups in total. The zero-order valence-electron chi connectivity index (χ0n) is 13.7. The molecule has 3 aromatic rings. The number of rotatable bonds is 7. The number of methoxy groups -OCH3 is 2. The fourth-order valence-corrected chi connectivity index (χ4v) is 2.97. The maximum Gasteiger partial charge on any atom is 0.318 e. The van der Waals surface area contributed by atoms with Gasteiger partial charge in [-0.1, -0.05) is 18.2 Å². The normalized spacial score (nSPS) is 10.4. The second kappa shape index (κ2) is 7.79. The Labute approximate surface area is 145 Å². The van der Waals surface area contributed by atoms with Crippen molar-refractivity contribution in [1.29, 1.82) is 0 Å². The molecule has 0 unspecified atom stereocenters. The number of hydrogen-bond donors (Lipinski definition) is 1. The molecular formula is C18H19N3O2S. The summed E-state index contributed by atoms with van der Waals surface area (Å²) >= 11 is 1.64. The summed E-state index contributed by atoms with van der Waals surface area (Å²) in [6.07, 6.45) is 0.893. The highest BCUT2D eigenvalue weighted by Crippen LogP contribution is 2.26. The molecule has 0 spiro atoms. The average molecular weight is 341 g/mol.